The molecule has 0 unspecified atom stereocenters. The fourth-order valence-corrected chi connectivity index (χ4v) is 4.75. The Morgan fingerprint density at radius 1 is 1.06 bits per heavy atom. The number of aromatic amines is 1. The van der Waals surface area contributed by atoms with Crippen molar-refractivity contribution in [3.8, 4) is 22.5 Å². The van der Waals surface area contributed by atoms with Gasteiger partial charge >= 0.3 is 0 Å². The van der Waals surface area contributed by atoms with Crippen molar-refractivity contribution in [1.29, 1.82) is 0 Å². The van der Waals surface area contributed by atoms with Crippen LogP contribution >= 0.6 is 0 Å². The minimum Gasteiger partial charge on any atom is -0.379 e. The fourth-order valence-electron chi connectivity index (χ4n) is 4.75. The predicted octanol–water partition coefficient (Wildman–Crippen LogP) is 5.13. The van der Waals surface area contributed by atoms with Gasteiger partial charge in [-0.25, -0.2) is 9.97 Å². The number of Topliss-reactive ketones (excluding diaryl/α,β-unsaturated/α-hetero) is 1. The fraction of sp³-hybridized carbons (Fsp3) is 0.241. The second-order valence-electron chi connectivity index (χ2n) is 9.82. The van der Waals surface area contributed by atoms with Crippen molar-refractivity contribution in [1.82, 2.24) is 24.7 Å². The van der Waals surface area contributed by atoms with Crippen molar-refractivity contribution in [3.05, 3.63) is 90.0 Å². The normalized spacial score (nSPS) is 14.6. The lowest BCUT2D eigenvalue weighted by Gasteiger charge is -2.38. The quantitative estimate of drug-likeness (QED) is 0.329. The summed E-state index contributed by atoms with van der Waals surface area (Å²) in [5.74, 6) is 0.161. The number of aromatic nitrogens is 5. The molecule has 2 aromatic carbocycles. The summed E-state index contributed by atoms with van der Waals surface area (Å²) in [6, 6.07) is 18.4. The van der Waals surface area contributed by atoms with Crippen LogP contribution in [0.25, 0.3) is 33.5 Å². The van der Waals surface area contributed by atoms with Crippen molar-refractivity contribution in [3.63, 3.8) is 0 Å². The van der Waals surface area contributed by atoms with Gasteiger partial charge in [0, 0.05) is 47.2 Å². The first-order chi connectivity index (χ1) is 17.5. The van der Waals surface area contributed by atoms with Crippen LogP contribution in [0.3, 0.4) is 0 Å². The van der Waals surface area contributed by atoms with Gasteiger partial charge in [0.2, 0.25) is 0 Å². The maximum Gasteiger partial charge on any atom is 0.163 e. The number of carbonyl (C=O) groups is 1. The number of hydrogen-bond donors (Lipinski definition) is 1. The number of rotatable bonds is 7. The lowest BCUT2D eigenvalue weighted by atomic mass is 9.80. The second-order valence-corrected chi connectivity index (χ2v) is 9.82. The number of benzene rings is 2. The third-order valence-electron chi connectivity index (χ3n) is 7.05. The van der Waals surface area contributed by atoms with Gasteiger partial charge in [-0.3, -0.25) is 9.48 Å². The first kappa shape index (κ1) is 22.4. The number of nitrogens with one attached hydrogen (secondary N) is 1. The van der Waals surface area contributed by atoms with Crippen molar-refractivity contribution >= 4 is 16.8 Å². The van der Waals surface area contributed by atoms with Crippen LogP contribution in [-0.4, -0.2) is 43.7 Å². The van der Waals surface area contributed by atoms with Crippen molar-refractivity contribution in [2.24, 2.45) is 7.05 Å². The Bertz CT molecular complexity index is 1540. The molecule has 7 heteroatoms. The van der Waals surface area contributed by atoms with Gasteiger partial charge in [-0.05, 0) is 23.6 Å². The Morgan fingerprint density at radius 3 is 2.50 bits per heavy atom. The molecule has 4 heterocycles. The molecule has 0 atom stereocenters. The molecule has 0 bridgehead atoms. The molecule has 0 amide bonds. The molecule has 0 radical (unpaired) electrons. The minimum absolute atomic E-state index is 0.0826. The molecule has 1 aliphatic heterocycles. The molecule has 1 fully saturated rings. The van der Waals surface area contributed by atoms with Gasteiger partial charge in [-0.1, -0.05) is 55.5 Å². The van der Waals surface area contributed by atoms with Crippen molar-refractivity contribution in [2.45, 2.75) is 25.2 Å². The van der Waals surface area contributed by atoms with E-state index in [1.165, 1.54) is 5.56 Å². The number of nitrogens with zero attached hydrogens (tertiary/aromatic N) is 4. The summed E-state index contributed by atoms with van der Waals surface area (Å²) in [6.45, 7) is 3.68. The second kappa shape index (κ2) is 8.84. The molecule has 1 N–H and O–H groups in total. The van der Waals surface area contributed by atoms with E-state index in [2.05, 4.69) is 69.4 Å². The summed E-state index contributed by atoms with van der Waals surface area (Å²) in [5.41, 5.74) is 7.84. The van der Waals surface area contributed by atoms with Crippen LogP contribution in [-0.2, 0) is 23.6 Å². The smallest absolute Gasteiger partial charge is 0.163 e. The van der Waals surface area contributed by atoms with E-state index in [9.17, 15) is 4.79 Å². The van der Waals surface area contributed by atoms with E-state index in [1.807, 2.05) is 31.6 Å². The van der Waals surface area contributed by atoms with Gasteiger partial charge in [0.25, 0.3) is 0 Å². The van der Waals surface area contributed by atoms with Crippen LogP contribution in [0.1, 0.15) is 34.8 Å². The molecule has 36 heavy (non-hydrogen) atoms. The number of fused-ring (bicyclic) bond motifs is 1. The summed E-state index contributed by atoms with van der Waals surface area (Å²) in [4.78, 5) is 25.1. The SMILES string of the molecule is Cn1cc(-c2cc3c(-c4ccc(CCC(=O)c5ccc(C6(C)COC6)cc5)cc4)ncnc3[nH]2)cn1. The number of aryl methyl sites for hydroxylation is 2. The van der Waals surface area contributed by atoms with E-state index in [0.29, 0.717) is 12.8 Å². The summed E-state index contributed by atoms with van der Waals surface area (Å²) in [6.07, 6.45) is 6.54. The summed E-state index contributed by atoms with van der Waals surface area (Å²) < 4.78 is 7.13. The van der Waals surface area contributed by atoms with Gasteiger partial charge in [0.1, 0.15) is 12.0 Å². The van der Waals surface area contributed by atoms with Gasteiger partial charge < -0.3 is 9.72 Å². The molecule has 6 rings (SSSR count). The van der Waals surface area contributed by atoms with Gasteiger partial charge in [-0.15, -0.1) is 0 Å². The van der Waals surface area contributed by atoms with Gasteiger partial charge in [0.05, 0.1) is 30.8 Å². The molecule has 1 aliphatic rings. The highest BCUT2D eigenvalue weighted by molar-refractivity contribution is 5.96. The van der Waals surface area contributed by atoms with Crippen LogP contribution in [0.15, 0.2) is 73.3 Å². The van der Waals surface area contributed by atoms with E-state index in [1.54, 1.807) is 11.0 Å². The highest BCUT2D eigenvalue weighted by Gasteiger charge is 2.35. The van der Waals surface area contributed by atoms with E-state index >= 15 is 0 Å². The summed E-state index contributed by atoms with van der Waals surface area (Å²) in [7, 11) is 1.90. The van der Waals surface area contributed by atoms with E-state index in [4.69, 9.17) is 4.74 Å². The molecule has 180 valence electrons. The first-order valence-corrected chi connectivity index (χ1v) is 12.1. The highest BCUT2D eigenvalue weighted by atomic mass is 16.5. The highest BCUT2D eigenvalue weighted by Crippen LogP contribution is 2.32. The Balaban J connectivity index is 1.15. The molecule has 0 aliphatic carbocycles. The third-order valence-corrected chi connectivity index (χ3v) is 7.05. The van der Waals surface area contributed by atoms with Gasteiger partial charge in [-0.2, -0.15) is 5.10 Å². The number of H-pyrrole nitrogens is 1. The molecule has 7 nitrogen and oxygen atoms in total. The minimum atomic E-state index is 0.0826. The maximum absolute atomic E-state index is 12.8. The number of hydrogen-bond acceptors (Lipinski definition) is 5. The number of ether oxygens (including phenoxy) is 1. The van der Waals surface area contributed by atoms with Crippen LogP contribution in [0.2, 0.25) is 0 Å². The van der Waals surface area contributed by atoms with E-state index in [0.717, 1.165) is 57.9 Å². The summed E-state index contributed by atoms with van der Waals surface area (Å²) >= 11 is 0. The zero-order chi connectivity index (χ0) is 24.7. The Morgan fingerprint density at radius 2 is 1.83 bits per heavy atom. The molecule has 0 saturated carbocycles. The number of ketones is 1. The molecular formula is C29H27N5O2. The van der Waals surface area contributed by atoms with Gasteiger partial charge in [0.15, 0.2) is 5.78 Å². The molecule has 5 aromatic rings. The monoisotopic (exact) mass is 477 g/mol. The number of carbonyl (C=O) groups excluding carboxylic acids is 1. The maximum atomic E-state index is 12.8. The van der Waals surface area contributed by atoms with Crippen LogP contribution < -0.4 is 0 Å². The Hall–Kier alpha value is -4.10. The lowest BCUT2D eigenvalue weighted by Crippen LogP contribution is -2.43. The molecule has 0 spiro atoms. The van der Waals surface area contributed by atoms with Crippen LogP contribution in [0.5, 0.6) is 0 Å². The Kier molecular flexibility index (Phi) is 5.49. The molecule has 1 saturated heterocycles. The van der Waals surface area contributed by atoms with E-state index < -0.39 is 0 Å². The van der Waals surface area contributed by atoms with Crippen LogP contribution in [0.4, 0.5) is 0 Å². The van der Waals surface area contributed by atoms with E-state index in [-0.39, 0.29) is 11.2 Å². The van der Waals surface area contributed by atoms with Crippen molar-refractivity contribution < 1.29 is 9.53 Å². The lowest BCUT2D eigenvalue weighted by molar-refractivity contribution is -0.0500. The third kappa shape index (κ3) is 4.12. The topological polar surface area (TPSA) is 85.7 Å². The predicted molar refractivity (Wildman–Crippen MR) is 139 cm³/mol. The van der Waals surface area contributed by atoms with Crippen molar-refractivity contribution in [2.75, 3.05) is 13.2 Å². The average Bonchev–Trinajstić information content (AvgIpc) is 3.52. The zero-order valence-electron chi connectivity index (χ0n) is 20.4. The molecule has 3 aromatic heterocycles. The zero-order valence-corrected chi connectivity index (χ0v) is 20.4. The Labute approximate surface area is 209 Å². The largest absolute Gasteiger partial charge is 0.379 e. The first-order valence-electron chi connectivity index (χ1n) is 12.1. The summed E-state index contributed by atoms with van der Waals surface area (Å²) in [5, 5.41) is 5.22. The van der Waals surface area contributed by atoms with Crippen LogP contribution in [0, 0.1) is 0 Å². The average molecular weight is 478 g/mol. The standard InChI is InChI=1S/C29H27N5O2/c1-29(16-36-17-29)23-10-8-20(9-11-23)26(35)12-5-19-3-6-21(7-4-19)27-24-13-25(22-14-32-34(2)15-22)33-28(24)31-18-30-27/h3-4,6-11,13-15,18H,5,12,16-17H2,1-2H3,(H,30,31,33). The molecular weight excluding hydrogens is 450 g/mol.